The molecular formula is C47H76O17. The second kappa shape index (κ2) is 17.2. The van der Waals surface area contributed by atoms with Gasteiger partial charge in [-0.05, 0) is 111 Å². The Morgan fingerprint density at radius 1 is 0.719 bits per heavy atom. The van der Waals surface area contributed by atoms with E-state index in [-0.39, 0.29) is 53.3 Å². The van der Waals surface area contributed by atoms with Crippen molar-refractivity contribution in [3.8, 4) is 0 Å². The lowest BCUT2D eigenvalue weighted by Gasteiger charge is -2.71. The number of fused-ring (bicyclic) bond motifs is 7. The Hall–Kier alpha value is -1.39. The number of rotatable bonds is 9. The quantitative estimate of drug-likeness (QED) is 0.116. The molecule has 3 aliphatic heterocycles. The van der Waals surface area contributed by atoms with E-state index in [0.717, 1.165) is 38.5 Å². The molecule has 0 unspecified atom stereocenters. The highest BCUT2D eigenvalue weighted by Crippen LogP contribution is 2.76. The summed E-state index contributed by atoms with van der Waals surface area (Å²) in [5, 5.41) is 108. The van der Waals surface area contributed by atoms with Crippen molar-refractivity contribution < 1.29 is 84.3 Å². The summed E-state index contributed by atoms with van der Waals surface area (Å²) in [6.45, 7) is 14.1. The van der Waals surface area contributed by atoms with Gasteiger partial charge in [0, 0.05) is 5.41 Å². The van der Waals surface area contributed by atoms with Gasteiger partial charge < -0.3 is 79.5 Å². The van der Waals surface area contributed by atoms with Gasteiger partial charge in [0.15, 0.2) is 18.9 Å². The van der Waals surface area contributed by atoms with Crippen molar-refractivity contribution in [1.29, 1.82) is 0 Å². The van der Waals surface area contributed by atoms with Gasteiger partial charge in [-0.3, -0.25) is 4.79 Å². The second-order valence-corrected chi connectivity index (χ2v) is 22.9. The highest BCUT2D eigenvalue weighted by Gasteiger charge is 2.71. The number of allylic oxidation sites excluding steroid dienone is 1. The largest absolute Gasteiger partial charge is 0.481 e. The smallest absolute Gasteiger partial charge is 0.310 e. The normalized spacial score (nSPS) is 53.5. The number of hydrogen-bond donors (Lipinski definition) is 10. The van der Waals surface area contributed by atoms with Crippen LogP contribution in [0.2, 0.25) is 0 Å². The van der Waals surface area contributed by atoms with Crippen LogP contribution in [0, 0.1) is 50.2 Å². The van der Waals surface area contributed by atoms with Gasteiger partial charge >= 0.3 is 5.97 Å². The van der Waals surface area contributed by atoms with Crippen molar-refractivity contribution in [3.63, 3.8) is 0 Å². The van der Waals surface area contributed by atoms with Gasteiger partial charge in [0.25, 0.3) is 0 Å². The lowest BCUT2D eigenvalue weighted by Crippen LogP contribution is -2.67. The Kier molecular flexibility index (Phi) is 13.2. The number of carboxylic acid groups (broad SMARTS) is 1. The molecular weight excluding hydrogens is 837 g/mol. The molecule has 3 saturated heterocycles. The summed E-state index contributed by atoms with van der Waals surface area (Å²) in [5.41, 5.74) is -0.909. The zero-order valence-electron chi connectivity index (χ0n) is 38.5. The standard InChI is InChI=1S/C47H76O17/c1-22-30(50)33(53)36(56)39(60-22)64-37-34(54)31(51)25(19-48)61-40(37)62-26-20-59-38(35(55)32(26)52)63-29-11-12-44(6)27(43(29,4)5)10-13-45(7)28(44)9-8-23-24-18-42(2,3)14-15-46(24,41(57)58)16-17-47(23,45)21-49/h8,22,24-40,48-56H,9-21H2,1-7H3,(H,57,58)/t22-,24-,25+,26-,27-,28+,29-,30-,31+,32-,33+,34-,35+,36+,37+,38-,39-,40-,44-,45+,46-,47-/m0/s1. The van der Waals surface area contributed by atoms with Crippen LogP contribution in [0.5, 0.6) is 0 Å². The van der Waals surface area contributed by atoms with Crippen molar-refractivity contribution in [1.82, 2.24) is 0 Å². The van der Waals surface area contributed by atoms with Gasteiger partial charge in [-0.25, -0.2) is 0 Å². The topological polar surface area (TPSA) is 275 Å². The molecule has 0 bridgehead atoms. The number of hydrogen-bond acceptors (Lipinski definition) is 16. The maximum Gasteiger partial charge on any atom is 0.310 e. The first-order valence-electron chi connectivity index (χ1n) is 23.7. The minimum Gasteiger partial charge on any atom is -0.481 e. The Balaban J connectivity index is 0.962. The van der Waals surface area contributed by atoms with Crippen molar-refractivity contribution in [3.05, 3.63) is 11.6 Å². The zero-order valence-corrected chi connectivity index (χ0v) is 38.5. The van der Waals surface area contributed by atoms with Gasteiger partial charge in [-0.15, -0.1) is 0 Å². The summed E-state index contributed by atoms with van der Waals surface area (Å²) < 4.78 is 35.9. The second-order valence-electron chi connectivity index (χ2n) is 22.9. The molecule has 10 N–H and O–H groups in total. The molecule has 22 atom stereocenters. The molecule has 17 heteroatoms. The maximum atomic E-state index is 13.1. The molecule has 0 spiro atoms. The van der Waals surface area contributed by atoms with E-state index < -0.39 is 115 Å². The summed E-state index contributed by atoms with van der Waals surface area (Å²) in [4.78, 5) is 13.1. The lowest BCUT2D eigenvalue weighted by atomic mass is 9.33. The molecule has 0 amide bonds. The molecule has 0 radical (unpaired) electrons. The van der Waals surface area contributed by atoms with Gasteiger partial charge in [0.1, 0.15) is 61.0 Å². The molecule has 366 valence electrons. The molecule has 4 saturated carbocycles. The average Bonchev–Trinajstić information content (AvgIpc) is 3.24. The number of ether oxygens (including phenoxy) is 6. The van der Waals surface area contributed by atoms with Gasteiger partial charge in [-0.1, -0.05) is 53.2 Å². The molecule has 64 heavy (non-hydrogen) atoms. The van der Waals surface area contributed by atoms with E-state index in [1.807, 2.05) is 0 Å². The summed E-state index contributed by atoms with van der Waals surface area (Å²) in [7, 11) is 0. The number of carbonyl (C=O) groups is 1. The predicted octanol–water partition coefficient (Wildman–Crippen LogP) is 1.35. The number of aliphatic carboxylic acids is 1. The van der Waals surface area contributed by atoms with Crippen LogP contribution in [0.4, 0.5) is 0 Å². The van der Waals surface area contributed by atoms with Crippen LogP contribution in [0.25, 0.3) is 0 Å². The van der Waals surface area contributed by atoms with Crippen LogP contribution in [-0.4, -0.2) is 169 Å². The van der Waals surface area contributed by atoms with E-state index in [1.165, 1.54) is 12.5 Å². The lowest BCUT2D eigenvalue weighted by molar-refractivity contribution is -0.382. The zero-order chi connectivity index (χ0) is 46.7. The van der Waals surface area contributed by atoms with Gasteiger partial charge in [-0.2, -0.15) is 0 Å². The molecule has 8 rings (SSSR count). The van der Waals surface area contributed by atoms with Crippen molar-refractivity contribution in [2.75, 3.05) is 19.8 Å². The number of aliphatic hydroxyl groups excluding tert-OH is 9. The van der Waals surface area contributed by atoms with Crippen LogP contribution in [0.15, 0.2) is 11.6 Å². The third-order valence-electron chi connectivity index (χ3n) is 18.9. The highest BCUT2D eigenvalue weighted by atomic mass is 16.8. The van der Waals surface area contributed by atoms with E-state index in [1.54, 1.807) is 0 Å². The third-order valence-corrected chi connectivity index (χ3v) is 18.9. The SMILES string of the molecule is C[C@@H]1O[C@@H](O[C@H]2[C@H](O[C@H]3CO[C@@H](O[C@H]4CC[C@]5(C)[C@H]6CC=C7[C@@H]8CC(C)(C)CC[C@]8(C(=O)O)CC[C@@]7(CO)[C@]6(C)CC[C@H]5C4(C)C)[C@H](O)[C@H]3O)O[C@H](CO)[C@@H](O)[C@@H]2O)[C@H](O)[C@H](O)[C@H]1O. The van der Waals surface area contributed by atoms with E-state index in [2.05, 4.69) is 47.6 Å². The molecule has 7 fully saturated rings. The maximum absolute atomic E-state index is 13.1. The third kappa shape index (κ3) is 7.49. The first kappa shape index (κ1) is 49.0. The predicted molar refractivity (Wildman–Crippen MR) is 225 cm³/mol. The molecule has 3 heterocycles. The Morgan fingerprint density at radius 2 is 1.41 bits per heavy atom. The molecule has 0 aromatic rings. The average molecular weight is 913 g/mol. The van der Waals surface area contributed by atoms with E-state index in [9.17, 15) is 55.9 Å². The minimum absolute atomic E-state index is 0.00411. The highest BCUT2D eigenvalue weighted by molar-refractivity contribution is 5.76. The fourth-order valence-electron chi connectivity index (χ4n) is 14.9. The number of carboxylic acids is 1. The van der Waals surface area contributed by atoms with Crippen LogP contribution in [0.1, 0.15) is 113 Å². The summed E-state index contributed by atoms with van der Waals surface area (Å²) in [6, 6.07) is 0. The Labute approximate surface area is 376 Å². The molecule has 0 aromatic heterocycles. The fourth-order valence-corrected chi connectivity index (χ4v) is 14.9. The van der Waals surface area contributed by atoms with E-state index in [4.69, 9.17) is 28.4 Å². The molecule has 5 aliphatic carbocycles. The molecule has 8 aliphatic rings. The van der Waals surface area contributed by atoms with Gasteiger partial charge in [0.05, 0.1) is 37.4 Å². The van der Waals surface area contributed by atoms with Gasteiger partial charge in [0.2, 0.25) is 0 Å². The van der Waals surface area contributed by atoms with Crippen LogP contribution in [-0.2, 0) is 33.2 Å². The number of aliphatic hydroxyl groups is 9. The molecule has 17 nitrogen and oxygen atoms in total. The molecule has 0 aromatic carbocycles. The monoisotopic (exact) mass is 913 g/mol. The Morgan fingerprint density at radius 3 is 2.08 bits per heavy atom. The van der Waals surface area contributed by atoms with E-state index >= 15 is 0 Å². The fraction of sp³-hybridized carbons (Fsp3) is 0.936. The first-order valence-corrected chi connectivity index (χ1v) is 23.7. The first-order chi connectivity index (χ1) is 29.9. The van der Waals surface area contributed by atoms with Crippen molar-refractivity contribution >= 4 is 5.97 Å². The van der Waals surface area contributed by atoms with Crippen LogP contribution < -0.4 is 0 Å². The van der Waals surface area contributed by atoms with E-state index in [0.29, 0.717) is 25.7 Å². The summed E-state index contributed by atoms with van der Waals surface area (Å²) in [5.74, 6) is -0.387. The summed E-state index contributed by atoms with van der Waals surface area (Å²) in [6.07, 6.45) is -11.6. The van der Waals surface area contributed by atoms with Crippen LogP contribution in [0.3, 0.4) is 0 Å². The van der Waals surface area contributed by atoms with Crippen molar-refractivity contribution in [2.45, 2.75) is 205 Å². The van der Waals surface area contributed by atoms with Crippen LogP contribution >= 0.6 is 0 Å². The van der Waals surface area contributed by atoms with Crippen molar-refractivity contribution in [2.24, 2.45) is 50.2 Å². The Bertz CT molecular complexity index is 1740. The minimum atomic E-state index is -1.77. The summed E-state index contributed by atoms with van der Waals surface area (Å²) >= 11 is 0.